The fourth-order valence-electron chi connectivity index (χ4n) is 4.20. The molecule has 0 atom stereocenters. The molecule has 0 fully saturated rings. The second kappa shape index (κ2) is 12.1. The summed E-state index contributed by atoms with van der Waals surface area (Å²) < 4.78 is 11.2. The zero-order valence-corrected chi connectivity index (χ0v) is 22.8. The minimum Gasteiger partial charge on any atom is -0.490 e. The number of amides is 1. The van der Waals surface area contributed by atoms with Gasteiger partial charge in [0.15, 0.2) is 11.5 Å². The first kappa shape index (κ1) is 27.0. The highest BCUT2D eigenvalue weighted by Gasteiger charge is 2.20. The highest BCUT2D eigenvalue weighted by atomic mass is 35.5. The number of aromatic nitrogens is 1. The lowest BCUT2D eigenvalue weighted by Crippen LogP contribution is -2.18. The van der Waals surface area contributed by atoms with Crippen LogP contribution in [0.4, 0.5) is 0 Å². The number of hydrazone groups is 1. The maximum atomic E-state index is 13.2. The van der Waals surface area contributed by atoms with Gasteiger partial charge in [-0.3, -0.25) is 4.79 Å². The van der Waals surface area contributed by atoms with E-state index in [2.05, 4.69) is 15.5 Å². The number of hydrogen-bond donors (Lipinski definition) is 2. The molecule has 5 aromatic rings. The largest absolute Gasteiger partial charge is 0.490 e. The Morgan fingerprint density at radius 3 is 2.48 bits per heavy atom. The Morgan fingerprint density at radius 2 is 1.70 bits per heavy atom. The summed E-state index contributed by atoms with van der Waals surface area (Å²) >= 11 is 12.4. The molecule has 0 radical (unpaired) electrons. The van der Waals surface area contributed by atoms with Crippen LogP contribution >= 0.6 is 23.2 Å². The predicted octanol–water partition coefficient (Wildman–Crippen LogP) is 7.52. The molecular formula is C31H23Cl2N3O4. The van der Waals surface area contributed by atoms with Crippen LogP contribution in [0, 0.1) is 0 Å². The number of benzene rings is 4. The second-order valence-corrected chi connectivity index (χ2v) is 9.48. The molecule has 0 saturated heterocycles. The van der Waals surface area contributed by atoms with E-state index in [-0.39, 0.29) is 11.3 Å². The van der Waals surface area contributed by atoms with E-state index in [1.54, 1.807) is 48.5 Å². The average molecular weight is 572 g/mol. The molecule has 0 saturated carbocycles. The Morgan fingerprint density at radius 1 is 0.925 bits per heavy atom. The Kier molecular flexibility index (Phi) is 8.15. The molecule has 9 heteroatoms. The summed E-state index contributed by atoms with van der Waals surface area (Å²) in [5, 5.41) is 5.83. The zero-order chi connectivity index (χ0) is 28.1. The molecular weight excluding hydrogens is 549 g/mol. The molecule has 0 aliphatic heterocycles. The summed E-state index contributed by atoms with van der Waals surface area (Å²) in [6.07, 6.45) is 1.47. The molecule has 1 aromatic heterocycles. The van der Waals surface area contributed by atoms with Gasteiger partial charge in [-0.1, -0.05) is 65.7 Å². The maximum absolute atomic E-state index is 13.2. The number of hydrogen-bond acceptors (Lipinski definition) is 5. The van der Waals surface area contributed by atoms with E-state index in [4.69, 9.17) is 32.7 Å². The molecule has 1 amide bonds. The van der Waals surface area contributed by atoms with Crippen molar-refractivity contribution in [1.82, 2.24) is 10.4 Å². The number of nitrogens with one attached hydrogen (secondary N) is 2. The number of H-pyrrole nitrogens is 1. The van der Waals surface area contributed by atoms with E-state index in [1.807, 2.05) is 49.4 Å². The Labute approximate surface area is 240 Å². The number of carbonyl (C=O) groups is 2. The van der Waals surface area contributed by atoms with Gasteiger partial charge in [-0.05, 0) is 66.6 Å². The fourth-order valence-corrected chi connectivity index (χ4v) is 4.58. The van der Waals surface area contributed by atoms with E-state index < -0.39 is 11.9 Å². The Bertz CT molecular complexity index is 1730. The topological polar surface area (TPSA) is 92.8 Å². The predicted molar refractivity (Wildman–Crippen MR) is 158 cm³/mol. The number of aromatic amines is 1. The first-order chi connectivity index (χ1) is 19.4. The first-order valence-electron chi connectivity index (χ1n) is 12.4. The minimum absolute atomic E-state index is 0.234. The molecule has 0 aliphatic rings. The third-order valence-electron chi connectivity index (χ3n) is 5.99. The average Bonchev–Trinajstić information content (AvgIpc) is 3.34. The van der Waals surface area contributed by atoms with Crippen LogP contribution in [0.1, 0.15) is 33.3 Å². The summed E-state index contributed by atoms with van der Waals surface area (Å²) in [5.41, 5.74) is 6.18. The van der Waals surface area contributed by atoms with Crippen molar-refractivity contribution in [1.29, 1.82) is 0 Å². The standard InChI is InChI=1S/C31H23Cl2N3O4/c1-2-39-27-16-19(12-15-26(27)40-31(38)22-10-6-7-11-24(22)33)18-34-36-30(37)29-28(20-8-4-3-5-9-20)23-17-21(32)13-14-25(23)35-29/h3-18,35H,2H2,1H3,(H,36,37). The van der Waals surface area contributed by atoms with Crippen molar-refractivity contribution in [2.24, 2.45) is 5.10 Å². The van der Waals surface area contributed by atoms with Gasteiger partial charge in [-0.15, -0.1) is 0 Å². The summed E-state index contributed by atoms with van der Waals surface area (Å²) in [4.78, 5) is 29.0. The molecule has 2 N–H and O–H groups in total. The van der Waals surface area contributed by atoms with Crippen LogP contribution in [-0.2, 0) is 0 Å². The van der Waals surface area contributed by atoms with Crippen LogP contribution in [0.25, 0.3) is 22.0 Å². The van der Waals surface area contributed by atoms with E-state index in [9.17, 15) is 9.59 Å². The van der Waals surface area contributed by atoms with Crippen LogP contribution in [-0.4, -0.2) is 29.7 Å². The number of carbonyl (C=O) groups excluding carboxylic acids is 2. The van der Waals surface area contributed by atoms with E-state index >= 15 is 0 Å². The number of rotatable bonds is 8. The van der Waals surface area contributed by atoms with Crippen LogP contribution in [0.2, 0.25) is 10.0 Å². The number of esters is 1. The van der Waals surface area contributed by atoms with Gasteiger partial charge < -0.3 is 14.5 Å². The number of ether oxygens (including phenoxy) is 2. The summed E-state index contributed by atoms with van der Waals surface area (Å²) in [5.74, 6) is -0.443. The minimum atomic E-state index is -0.603. The highest BCUT2D eigenvalue weighted by Crippen LogP contribution is 2.34. The monoisotopic (exact) mass is 571 g/mol. The van der Waals surface area contributed by atoms with Gasteiger partial charge in [0.05, 0.1) is 23.4 Å². The highest BCUT2D eigenvalue weighted by molar-refractivity contribution is 6.33. The third kappa shape index (κ3) is 5.86. The Balaban J connectivity index is 1.36. The number of fused-ring (bicyclic) bond motifs is 1. The lowest BCUT2D eigenvalue weighted by atomic mass is 10.0. The summed E-state index contributed by atoms with van der Waals surface area (Å²) in [6.45, 7) is 2.17. The van der Waals surface area contributed by atoms with Crippen molar-refractivity contribution >= 4 is 52.2 Å². The number of nitrogens with zero attached hydrogens (tertiary/aromatic N) is 1. The van der Waals surface area contributed by atoms with E-state index in [0.29, 0.717) is 33.7 Å². The molecule has 40 heavy (non-hydrogen) atoms. The quantitative estimate of drug-likeness (QED) is 0.0871. The lowest BCUT2D eigenvalue weighted by Gasteiger charge is -2.12. The van der Waals surface area contributed by atoms with Crippen molar-refractivity contribution in [3.63, 3.8) is 0 Å². The van der Waals surface area contributed by atoms with Crippen molar-refractivity contribution < 1.29 is 19.1 Å². The van der Waals surface area contributed by atoms with Gasteiger partial charge in [0.25, 0.3) is 5.91 Å². The van der Waals surface area contributed by atoms with Gasteiger partial charge >= 0.3 is 5.97 Å². The van der Waals surface area contributed by atoms with Gasteiger partial charge in [-0.2, -0.15) is 5.10 Å². The van der Waals surface area contributed by atoms with E-state index in [1.165, 1.54) is 6.21 Å². The van der Waals surface area contributed by atoms with Crippen LogP contribution in [0.5, 0.6) is 11.5 Å². The van der Waals surface area contributed by atoms with Gasteiger partial charge in [0, 0.05) is 21.5 Å². The van der Waals surface area contributed by atoms with E-state index in [0.717, 1.165) is 22.0 Å². The smallest absolute Gasteiger partial charge is 0.345 e. The molecule has 0 spiro atoms. The molecule has 7 nitrogen and oxygen atoms in total. The second-order valence-electron chi connectivity index (χ2n) is 8.64. The summed E-state index contributed by atoms with van der Waals surface area (Å²) in [6, 6.07) is 26.6. The number of halogens is 2. The molecule has 0 aliphatic carbocycles. The molecule has 0 unspecified atom stereocenters. The molecule has 1 heterocycles. The van der Waals surface area contributed by atoms with Crippen LogP contribution in [0.3, 0.4) is 0 Å². The Hall–Kier alpha value is -4.59. The van der Waals surface area contributed by atoms with Gasteiger partial charge in [0.1, 0.15) is 5.69 Å². The van der Waals surface area contributed by atoms with Crippen molar-refractivity contribution in [2.75, 3.05) is 6.61 Å². The van der Waals surface area contributed by atoms with Crippen molar-refractivity contribution in [2.45, 2.75) is 6.92 Å². The first-order valence-corrected chi connectivity index (χ1v) is 13.1. The zero-order valence-electron chi connectivity index (χ0n) is 21.3. The lowest BCUT2D eigenvalue weighted by molar-refractivity contribution is 0.0728. The molecule has 5 rings (SSSR count). The molecule has 200 valence electrons. The SMILES string of the molecule is CCOc1cc(C=NNC(=O)c2[nH]c3ccc(Cl)cc3c2-c2ccccc2)ccc1OC(=O)c1ccccc1Cl. The fraction of sp³-hybridized carbons (Fsp3) is 0.0645. The van der Waals surface area contributed by atoms with Crippen molar-refractivity contribution in [3.05, 3.63) is 118 Å². The molecule has 0 bridgehead atoms. The van der Waals surface area contributed by atoms with Gasteiger partial charge in [0.2, 0.25) is 0 Å². The van der Waals surface area contributed by atoms with Gasteiger partial charge in [-0.25, -0.2) is 10.2 Å². The van der Waals surface area contributed by atoms with Crippen molar-refractivity contribution in [3.8, 4) is 22.6 Å². The summed E-state index contributed by atoms with van der Waals surface area (Å²) in [7, 11) is 0. The molecule has 4 aromatic carbocycles. The van der Waals surface area contributed by atoms with Crippen LogP contribution < -0.4 is 14.9 Å². The normalized spacial score (nSPS) is 11.1. The van der Waals surface area contributed by atoms with Crippen LogP contribution in [0.15, 0.2) is 96.1 Å². The maximum Gasteiger partial charge on any atom is 0.345 e. The third-order valence-corrected chi connectivity index (χ3v) is 6.56.